The van der Waals surface area contributed by atoms with Crippen molar-refractivity contribution in [3.05, 3.63) is 46.1 Å². The summed E-state index contributed by atoms with van der Waals surface area (Å²) in [7, 11) is 0.741. The first-order valence-electron chi connectivity index (χ1n) is 9.17. The maximum absolute atomic E-state index is 13.9. The minimum atomic E-state index is -6.34. The van der Waals surface area contributed by atoms with Gasteiger partial charge in [0, 0.05) is 18.7 Å². The quantitative estimate of drug-likeness (QED) is 0.355. The third kappa shape index (κ3) is 4.81. The summed E-state index contributed by atoms with van der Waals surface area (Å²) >= 11 is 5.97. The van der Waals surface area contributed by atoms with Crippen LogP contribution in [0.15, 0.2) is 28.8 Å². The summed E-state index contributed by atoms with van der Waals surface area (Å²) in [5.74, 6) is -4.66. The predicted molar refractivity (Wildman–Crippen MR) is 105 cm³/mol. The number of rotatable bonds is 5. The van der Waals surface area contributed by atoms with Crippen LogP contribution < -0.4 is 5.32 Å². The van der Waals surface area contributed by atoms with Gasteiger partial charge in [0.05, 0.1) is 17.1 Å². The van der Waals surface area contributed by atoms with E-state index in [1.54, 1.807) is 0 Å². The first kappa shape index (κ1) is 26.0. The van der Waals surface area contributed by atoms with Crippen LogP contribution in [0.1, 0.15) is 21.6 Å². The number of alkyl halides is 8. The molecule has 1 N–H and O–H groups in total. The molecular formula is C20H11ClF8N4O2. The summed E-state index contributed by atoms with van der Waals surface area (Å²) in [5, 5.41) is 8.54. The van der Waals surface area contributed by atoms with Gasteiger partial charge in [-0.3, -0.25) is 9.48 Å². The maximum atomic E-state index is 13.9. The van der Waals surface area contributed by atoms with Crippen LogP contribution in [0.2, 0.25) is 5.02 Å². The van der Waals surface area contributed by atoms with Crippen molar-refractivity contribution >= 4 is 17.5 Å². The van der Waals surface area contributed by atoms with E-state index in [-0.39, 0.29) is 33.1 Å². The topological polar surface area (TPSA) is 73.0 Å². The lowest BCUT2D eigenvalue weighted by molar-refractivity contribution is -0.292. The lowest BCUT2D eigenvalue weighted by Gasteiger charge is -2.19. The second kappa shape index (κ2) is 8.88. The Morgan fingerprint density at radius 3 is 2.40 bits per heavy atom. The lowest BCUT2D eigenvalue weighted by Crippen LogP contribution is -2.36. The Labute approximate surface area is 195 Å². The molecule has 3 aromatic rings. The molecule has 0 atom stereocenters. The largest absolute Gasteiger partial charge is 0.459 e. The molecule has 0 aliphatic heterocycles. The van der Waals surface area contributed by atoms with Crippen molar-refractivity contribution in [3.63, 3.8) is 0 Å². The van der Waals surface area contributed by atoms with Crippen LogP contribution in [-0.2, 0) is 19.1 Å². The van der Waals surface area contributed by atoms with Crippen LogP contribution in [-0.4, -0.2) is 33.6 Å². The van der Waals surface area contributed by atoms with Crippen LogP contribution >= 0.6 is 11.6 Å². The highest BCUT2D eigenvalue weighted by Gasteiger charge is 2.64. The van der Waals surface area contributed by atoms with Crippen molar-refractivity contribution in [2.75, 3.05) is 6.54 Å². The highest BCUT2D eigenvalue weighted by atomic mass is 35.5. The first-order chi connectivity index (χ1) is 16.1. The number of carbonyl (C=O) groups is 1. The summed E-state index contributed by atoms with van der Waals surface area (Å²) in [6, 6.07) is 4.61. The van der Waals surface area contributed by atoms with Gasteiger partial charge < -0.3 is 9.84 Å². The number of aryl methyl sites for hydroxylation is 1. The molecule has 15 heteroatoms. The van der Waals surface area contributed by atoms with E-state index in [9.17, 15) is 39.9 Å². The molecule has 0 saturated carbocycles. The number of carbonyl (C=O) groups excluding carboxylic acids is 1. The molecule has 2 heterocycles. The minimum Gasteiger partial charge on any atom is -0.356 e. The van der Waals surface area contributed by atoms with Gasteiger partial charge in [0.2, 0.25) is 0 Å². The van der Waals surface area contributed by atoms with Crippen LogP contribution in [0.25, 0.3) is 22.7 Å². The molecule has 3 rings (SSSR count). The predicted octanol–water partition coefficient (Wildman–Crippen LogP) is 5.43. The Morgan fingerprint density at radius 2 is 1.83 bits per heavy atom. The number of hydrogen-bond acceptors (Lipinski definition) is 4. The fraction of sp³-hybridized carbons (Fsp3) is 0.250. The zero-order valence-electron chi connectivity index (χ0n) is 17.2. The van der Waals surface area contributed by atoms with Crippen LogP contribution in [0, 0.1) is 12.3 Å². The third-order valence-electron chi connectivity index (χ3n) is 4.58. The normalized spacial score (nSPS) is 12.5. The van der Waals surface area contributed by atoms with Crippen molar-refractivity contribution in [1.29, 1.82) is 0 Å². The zero-order valence-corrected chi connectivity index (χ0v) is 17.9. The molecule has 0 fully saturated rings. The van der Waals surface area contributed by atoms with Crippen molar-refractivity contribution in [3.8, 4) is 35.1 Å². The molecule has 0 saturated heterocycles. The van der Waals surface area contributed by atoms with Crippen LogP contribution in [0.3, 0.4) is 0 Å². The minimum absolute atomic E-state index is 0.00646. The second-order valence-electron chi connectivity index (χ2n) is 6.92. The average molecular weight is 527 g/mol. The Kier molecular flexibility index (Phi) is 6.60. The van der Waals surface area contributed by atoms with Gasteiger partial charge in [-0.25, -0.2) is 0 Å². The summed E-state index contributed by atoms with van der Waals surface area (Å²) < 4.78 is 112. The zero-order chi connectivity index (χ0) is 26.3. The lowest BCUT2D eigenvalue weighted by atomic mass is 10.0. The molecule has 0 aliphatic carbocycles. The Balaban J connectivity index is 2.13. The molecule has 1 amide bonds. The molecule has 186 valence electrons. The summed E-state index contributed by atoms with van der Waals surface area (Å²) in [6.45, 7) is -0.128. The number of hydrogen-bond donors (Lipinski definition) is 1. The van der Waals surface area contributed by atoms with Gasteiger partial charge in [0.15, 0.2) is 11.5 Å². The molecule has 6 nitrogen and oxygen atoms in total. The fourth-order valence-electron chi connectivity index (χ4n) is 3.04. The van der Waals surface area contributed by atoms with Gasteiger partial charge in [-0.15, -0.1) is 6.42 Å². The number of halogens is 9. The van der Waals surface area contributed by atoms with Crippen molar-refractivity contribution in [2.24, 2.45) is 7.05 Å². The molecular weight excluding hydrogens is 516 g/mol. The smallest absolute Gasteiger partial charge is 0.356 e. The van der Waals surface area contributed by atoms with Crippen molar-refractivity contribution in [2.45, 2.75) is 18.3 Å². The van der Waals surface area contributed by atoms with E-state index < -0.39 is 46.8 Å². The SMILES string of the molecule is C#CCNC(=O)c1cc(-c2cc(-c3c(C(F)(F)F)c(C(F)(F)C(F)(F)F)nn3C)no2)ccc1Cl. The van der Waals surface area contributed by atoms with Gasteiger partial charge >= 0.3 is 18.3 Å². The molecule has 0 spiro atoms. The summed E-state index contributed by atoms with van der Waals surface area (Å²) in [5.41, 5.74) is -6.78. The van der Waals surface area contributed by atoms with Gasteiger partial charge in [-0.1, -0.05) is 22.7 Å². The van der Waals surface area contributed by atoms with Gasteiger partial charge in [0.1, 0.15) is 17.0 Å². The Bertz CT molecular complexity index is 1320. The monoisotopic (exact) mass is 526 g/mol. The molecule has 0 unspecified atom stereocenters. The molecule has 0 aliphatic rings. The molecule has 0 radical (unpaired) electrons. The number of benzene rings is 1. The first-order valence-corrected chi connectivity index (χ1v) is 9.55. The summed E-state index contributed by atoms with van der Waals surface area (Å²) in [6.07, 6.45) is -6.94. The Morgan fingerprint density at radius 1 is 1.17 bits per heavy atom. The number of nitrogens with one attached hydrogen (secondary N) is 1. The second-order valence-corrected chi connectivity index (χ2v) is 7.33. The van der Waals surface area contributed by atoms with Gasteiger partial charge in [-0.2, -0.15) is 40.2 Å². The third-order valence-corrected chi connectivity index (χ3v) is 4.91. The van der Waals surface area contributed by atoms with E-state index in [2.05, 4.69) is 21.5 Å². The molecule has 1 aromatic carbocycles. The van der Waals surface area contributed by atoms with E-state index >= 15 is 0 Å². The standard InChI is InChI=1S/C20H11ClF8N4O2/c1-3-6-30-17(34)10-7-9(4-5-11(10)21)13-8-12(32-35-13)15-14(19(24,25)26)16(31-33(15)2)18(22,23)20(27,28)29/h1,4-5,7-8H,6H2,2H3,(H,30,34). The molecule has 35 heavy (non-hydrogen) atoms. The number of terminal acetylenes is 1. The van der Waals surface area contributed by atoms with E-state index in [0.29, 0.717) is 0 Å². The highest BCUT2D eigenvalue weighted by Crippen LogP contribution is 2.50. The highest BCUT2D eigenvalue weighted by molar-refractivity contribution is 6.34. The van der Waals surface area contributed by atoms with E-state index in [1.807, 2.05) is 0 Å². The van der Waals surface area contributed by atoms with Gasteiger partial charge in [-0.05, 0) is 18.2 Å². The average Bonchev–Trinajstić information content (AvgIpc) is 3.36. The van der Waals surface area contributed by atoms with E-state index in [0.717, 1.165) is 13.1 Å². The molecule has 0 bridgehead atoms. The fourth-order valence-corrected chi connectivity index (χ4v) is 3.25. The van der Waals surface area contributed by atoms with Crippen LogP contribution in [0.5, 0.6) is 0 Å². The number of aromatic nitrogens is 3. The van der Waals surface area contributed by atoms with Crippen molar-refractivity contribution < 1.29 is 44.4 Å². The van der Waals surface area contributed by atoms with Crippen LogP contribution in [0.4, 0.5) is 35.1 Å². The number of amides is 1. The van der Waals surface area contributed by atoms with Gasteiger partial charge in [0.25, 0.3) is 5.91 Å². The summed E-state index contributed by atoms with van der Waals surface area (Å²) in [4.78, 5) is 12.2. The Hall–Kier alpha value is -3.60. The number of nitrogens with zero attached hydrogens (tertiary/aromatic N) is 3. The van der Waals surface area contributed by atoms with E-state index in [1.165, 1.54) is 18.2 Å². The maximum Gasteiger partial charge on any atom is 0.459 e. The van der Waals surface area contributed by atoms with E-state index in [4.69, 9.17) is 22.5 Å². The molecule has 2 aromatic heterocycles. The van der Waals surface area contributed by atoms with Crippen molar-refractivity contribution in [1.82, 2.24) is 20.3 Å².